The Morgan fingerprint density at radius 2 is 2.13 bits per heavy atom. The molecule has 0 unspecified atom stereocenters. The maximum Gasteiger partial charge on any atom is 0.220 e. The number of hydrogen-bond acceptors (Lipinski definition) is 5. The van der Waals surface area contributed by atoms with Crippen molar-refractivity contribution in [2.75, 3.05) is 13.7 Å². The van der Waals surface area contributed by atoms with Gasteiger partial charge in [0.05, 0.1) is 24.8 Å². The molecule has 1 aromatic heterocycles. The number of halogens is 2. The molecule has 0 aliphatic carbocycles. The number of aliphatic hydroxyl groups excluding tert-OH is 2. The molecule has 0 saturated heterocycles. The zero-order valence-corrected chi connectivity index (χ0v) is 12.5. The lowest BCUT2D eigenvalue weighted by Crippen LogP contribution is -2.12. The van der Waals surface area contributed by atoms with Gasteiger partial charge in [-0.05, 0) is 24.6 Å². The van der Waals surface area contributed by atoms with Crippen LogP contribution < -0.4 is 4.74 Å². The van der Waals surface area contributed by atoms with Gasteiger partial charge in [0.25, 0.3) is 0 Å². The molecule has 0 bridgehead atoms. The summed E-state index contributed by atoms with van der Waals surface area (Å²) in [7, 11) is 1.23. The molecule has 0 aliphatic heterocycles. The van der Waals surface area contributed by atoms with E-state index >= 15 is 0 Å². The largest absolute Gasteiger partial charge is 0.495 e. The van der Waals surface area contributed by atoms with Crippen LogP contribution in [0, 0.1) is 30.0 Å². The molecule has 0 spiro atoms. The van der Waals surface area contributed by atoms with Crippen molar-refractivity contribution < 1.29 is 23.7 Å². The summed E-state index contributed by atoms with van der Waals surface area (Å²) in [6, 6.07) is 4.56. The first-order chi connectivity index (χ1) is 11.0. The fourth-order valence-corrected chi connectivity index (χ4v) is 2.47. The molecule has 7 heteroatoms. The predicted molar refractivity (Wildman–Crippen MR) is 77.6 cm³/mol. The number of aromatic nitrogens is 1. The summed E-state index contributed by atoms with van der Waals surface area (Å²) in [5, 5.41) is 28.3. The van der Waals surface area contributed by atoms with Crippen molar-refractivity contribution in [3.8, 4) is 22.9 Å². The molecule has 1 aromatic carbocycles. The van der Waals surface area contributed by atoms with Gasteiger partial charge in [0.1, 0.15) is 23.7 Å². The topological polar surface area (TPSA) is 86.4 Å². The summed E-state index contributed by atoms with van der Waals surface area (Å²) in [5.74, 6) is -2.06. The van der Waals surface area contributed by atoms with Gasteiger partial charge in [-0.1, -0.05) is 0 Å². The van der Waals surface area contributed by atoms with Gasteiger partial charge in [-0.15, -0.1) is 0 Å². The van der Waals surface area contributed by atoms with E-state index in [0.29, 0.717) is 0 Å². The lowest BCUT2D eigenvalue weighted by Gasteiger charge is -2.20. The third-order valence-electron chi connectivity index (χ3n) is 3.54. The van der Waals surface area contributed by atoms with Crippen molar-refractivity contribution in [3.63, 3.8) is 0 Å². The van der Waals surface area contributed by atoms with Crippen LogP contribution in [-0.2, 0) is 0 Å². The van der Waals surface area contributed by atoms with Gasteiger partial charge in [-0.25, -0.2) is 9.37 Å². The highest BCUT2D eigenvalue weighted by atomic mass is 19.1. The molecule has 120 valence electrons. The summed E-state index contributed by atoms with van der Waals surface area (Å²) in [6.07, 6.45) is -0.349. The molecule has 0 radical (unpaired) electrons. The van der Waals surface area contributed by atoms with E-state index in [0.717, 1.165) is 0 Å². The van der Waals surface area contributed by atoms with Gasteiger partial charge in [0.2, 0.25) is 5.95 Å². The maximum absolute atomic E-state index is 14.9. The smallest absolute Gasteiger partial charge is 0.220 e. The van der Waals surface area contributed by atoms with E-state index in [4.69, 9.17) is 9.84 Å². The Bertz CT molecular complexity index is 788. The Morgan fingerprint density at radius 1 is 1.43 bits per heavy atom. The Labute approximate surface area is 131 Å². The first-order valence-corrected chi connectivity index (χ1v) is 6.67. The molecular formula is C16H14F2N2O3. The molecule has 5 nitrogen and oxygen atoms in total. The SMILES string of the molecule is COc1c(C#N)c(C)c([C@H](O)CO)c(F)c1-c1cccnc1F. The third-order valence-corrected chi connectivity index (χ3v) is 3.54. The molecule has 0 aliphatic rings. The Morgan fingerprint density at radius 3 is 2.65 bits per heavy atom. The average Bonchev–Trinajstić information content (AvgIpc) is 2.55. The van der Waals surface area contributed by atoms with E-state index in [1.807, 2.05) is 6.07 Å². The zero-order chi connectivity index (χ0) is 17.1. The van der Waals surface area contributed by atoms with Crippen molar-refractivity contribution in [1.29, 1.82) is 5.26 Å². The minimum atomic E-state index is -1.55. The van der Waals surface area contributed by atoms with Crippen LogP contribution >= 0.6 is 0 Å². The second-order valence-electron chi connectivity index (χ2n) is 4.79. The van der Waals surface area contributed by atoms with E-state index in [-0.39, 0.29) is 33.6 Å². The van der Waals surface area contributed by atoms with Crippen molar-refractivity contribution in [3.05, 3.63) is 46.8 Å². The van der Waals surface area contributed by atoms with Crippen LogP contribution in [-0.4, -0.2) is 28.9 Å². The van der Waals surface area contributed by atoms with E-state index in [1.54, 1.807) is 0 Å². The highest BCUT2D eigenvalue weighted by Crippen LogP contribution is 2.41. The van der Waals surface area contributed by atoms with E-state index in [2.05, 4.69) is 4.98 Å². The van der Waals surface area contributed by atoms with Gasteiger partial charge in [-0.2, -0.15) is 9.65 Å². The lowest BCUT2D eigenvalue weighted by atomic mass is 9.91. The van der Waals surface area contributed by atoms with E-state index < -0.39 is 24.5 Å². The molecule has 0 saturated carbocycles. The second-order valence-corrected chi connectivity index (χ2v) is 4.79. The van der Waals surface area contributed by atoms with Crippen molar-refractivity contribution >= 4 is 0 Å². The summed E-state index contributed by atoms with van der Waals surface area (Å²) in [5.41, 5.74) is -0.721. The van der Waals surface area contributed by atoms with E-state index in [9.17, 15) is 19.1 Å². The molecule has 2 rings (SSSR count). The molecule has 0 amide bonds. The fraction of sp³-hybridized carbons (Fsp3) is 0.250. The zero-order valence-electron chi connectivity index (χ0n) is 12.5. The van der Waals surface area contributed by atoms with Gasteiger partial charge in [0, 0.05) is 17.3 Å². The first-order valence-electron chi connectivity index (χ1n) is 6.67. The quantitative estimate of drug-likeness (QED) is 0.844. The number of aliphatic hydroxyl groups is 2. The van der Waals surface area contributed by atoms with Crippen LogP contribution in [0.15, 0.2) is 18.3 Å². The Balaban J connectivity index is 2.96. The van der Waals surface area contributed by atoms with Crippen LogP contribution in [0.4, 0.5) is 8.78 Å². The number of pyridine rings is 1. The highest BCUT2D eigenvalue weighted by molar-refractivity contribution is 5.77. The van der Waals surface area contributed by atoms with Crippen LogP contribution in [0.1, 0.15) is 22.8 Å². The number of methoxy groups -OCH3 is 1. The normalized spacial score (nSPS) is 11.9. The van der Waals surface area contributed by atoms with Crippen LogP contribution in [0.5, 0.6) is 5.75 Å². The Hall–Kier alpha value is -2.56. The summed E-state index contributed by atoms with van der Waals surface area (Å²) in [4.78, 5) is 3.46. The van der Waals surface area contributed by atoms with Gasteiger partial charge in [0.15, 0.2) is 0 Å². The lowest BCUT2D eigenvalue weighted by molar-refractivity contribution is 0.0920. The second kappa shape index (κ2) is 6.69. The minimum absolute atomic E-state index is 0.0466. The number of hydrogen-bond donors (Lipinski definition) is 2. The van der Waals surface area contributed by atoms with Crippen LogP contribution in [0.2, 0.25) is 0 Å². The van der Waals surface area contributed by atoms with Crippen LogP contribution in [0.25, 0.3) is 11.1 Å². The third kappa shape index (κ3) is 2.74. The molecule has 2 aromatic rings. The Kier molecular flexibility index (Phi) is 4.89. The molecule has 1 atom stereocenters. The first kappa shape index (κ1) is 16.8. The number of nitrogens with zero attached hydrogens (tertiary/aromatic N) is 2. The highest BCUT2D eigenvalue weighted by Gasteiger charge is 2.28. The summed E-state index contributed by atoms with van der Waals surface area (Å²) < 4.78 is 34.0. The molecular weight excluding hydrogens is 306 g/mol. The van der Waals surface area contributed by atoms with Crippen LogP contribution in [0.3, 0.4) is 0 Å². The maximum atomic E-state index is 14.9. The standard InChI is InChI=1S/C16H14F2N2O3/c1-8-10(6-19)15(23-2)13(9-4-3-5-20-16(9)18)14(17)12(8)11(22)7-21/h3-5,11,21-22H,7H2,1-2H3/t11-/m1/s1. The summed E-state index contributed by atoms with van der Waals surface area (Å²) in [6.45, 7) is 0.672. The minimum Gasteiger partial charge on any atom is -0.495 e. The average molecular weight is 320 g/mol. The number of nitriles is 1. The van der Waals surface area contributed by atoms with Crippen molar-refractivity contribution in [2.45, 2.75) is 13.0 Å². The van der Waals surface area contributed by atoms with Gasteiger partial charge < -0.3 is 14.9 Å². The number of benzene rings is 1. The van der Waals surface area contributed by atoms with Gasteiger partial charge in [-0.3, -0.25) is 0 Å². The molecule has 0 fully saturated rings. The van der Waals surface area contributed by atoms with E-state index in [1.165, 1.54) is 32.4 Å². The molecule has 1 heterocycles. The monoisotopic (exact) mass is 320 g/mol. The fourth-order valence-electron chi connectivity index (χ4n) is 2.47. The number of rotatable bonds is 4. The summed E-state index contributed by atoms with van der Waals surface area (Å²) >= 11 is 0. The predicted octanol–water partition coefficient (Wildman–Crippen LogP) is 2.24. The van der Waals surface area contributed by atoms with Crippen molar-refractivity contribution in [2.24, 2.45) is 0 Å². The number of ether oxygens (including phenoxy) is 1. The van der Waals surface area contributed by atoms with Gasteiger partial charge >= 0.3 is 0 Å². The molecule has 2 N–H and O–H groups in total. The van der Waals surface area contributed by atoms with Crippen molar-refractivity contribution in [1.82, 2.24) is 4.98 Å². The molecule has 23 heavy (non-hydrogen) atoms.